The number of esters is 1. The molecule has 0 heterocycles. The number of carbonyl (C=O) groups is 1. The monoisotopic (exact) mass is 227 g/mol. The minimum atomic E-state index is -1.03. The summed E-state index contributed by atoms with van der Waals surface area (Å²) in [4.78, 5) is 11.7. The first-order valence-electron chi connectivity index (χ1n) is 5.33. The van der Waals surface area contributed by atoms with E-state index in [-0.39, 0.29) is 0 Å². The van der Waals surface area contributed by atoms with Gasteiger partial charge in [-0.05, 0) is 41.5 Å². The smallest absolute Gasteiger partial charge is 0.311 e. The molecule has 92 valence electrons. The number of nitrogens with zero attached hydrogens (tertiary/aromatic N) is 1. The second-order valence-corrected chi connectivity index (χ2v) is 5.60. The molecule has 0 aliphatic carbocycles. The Balaban J connectivity index is 4.65. The number of rotatable bonds is 3. The van der Waals surface area contributed by atoms with Crippen molar-refractivity contribution in [1.82, 2.24) is 0 Å². The molecule has 0 spiro atoms. The molecular weight excluding hydrogens is 206 g/mol. The van der Waals surface area contributed by atoms with Crippen molar-refractivity contribution in [3.05, 3.63) is 0 Å². The molecular formula is C12H21NO3. The molecule has 0 aliphatic rings. The van der Waals surface area contributed by atoms with Crippen LogP contribution in [-0.2, 0) is 9.53 Å². The lowest BCUT2D eigenvalue weighted by Gasteiger charge is -2.29. The summed E-state index contributed by atoms with van der Waals surface area (Å²) in [5.74, 6) is -1.20. The van der Waals surface area contributed by atoms with Gasteiger partial charge in [0.1, 0.15) is 5.60 Å². The summed E-state index contributed by atoms with van der Waals surface area (Å²) < 4.78 is 5.15. The van der Waals surface area contributed by atoms with E-state index in [0.29, 0.717) is 0 Å². The highest BCUT2D eigenvalue weighted by Crippen LogP contribution is 2.26. The zero-order chi connectivity index (χ0) is 13.1. The van der Waals surface area contributed by atoms with Crippen LogP contribution in [0, 0.1) is 22.7 Å². The van der Waals surface area contributed by atoms with Crippen LogP contribution in [0.1, 0.15) is 41.5 Å². The summed E-state index contributed by atoms with van der Waals surface area (Å²) >= 11 is 0. The average molecular weight is 227 g/mol. The van der Waals surface area contributed by atoms with Crippen LogP contribution >= 0.6 is 0 Å². The van der Waals surface area contributed by atoms with Crippen molar-refractivity contribution in [2.75, 3.05) is 0 Å². The first-order valence-corrected chi connectivity index (χ1v) is 5.33. The second-order valence-electron chi connectivity index (χ2n) is 5.60. The first kappa shape index (κ1) is 14.9. The molecule has 0 aliphatic heterocycles. The molecule has 1 N–H and O–H groups in total. The molecule has 0 radical (unpaired) electrons. The fourth-order valence-corrected chi connectivity index (χ4v) is 1.21. The van der Waals surface area contributed by atoms with Gasteiger partial charge in [0.15, 0.2) is 0 Å². The van der Waals surface area contributed by atoms with Gasteiger partial charge in [-0.3, -0.25) is 4.79 Å². The van der Waals surface area contributed by atoms with Crippen LogP contribution in [0.15, 0.2) is 0 Å². The third-order valence-corrected chi connectivity index (χ3v) is 2.28. The molecule has 4 heteroatoms. The van der Waals surface area contributed by atoms with E-state index in [4.69, 9.17) is 10.00 Å². The molecule has 0 rings (SSSR count). The maximum atomic E-state index is 11.7. The Morgan fingerprint density at radius 2 is 1.75 bits per heavy atom. The van der Waals surface area contributed by atoms with Crippen molar-refractivity contribution in [3.8, 4) is 6.07 Å². The summed E-state index contributed by atoms with van der Waals surface area (Å²) in [5, 5.41) is 18.8. The van der Waals surface area contributed by atoms with Gasteiger partial charge in [-0.15, -0.1) is 0 Å². The van der Waals surface area contributed by atoms with E-state index in [1.807, 2.05) is 6.07 Å². The van der Waals surface area contributed by atoms with Crippen molar-refractivity contribution >= 4 is 5.97 Å². The zero-order valence-electron chi connectivity index (χ0n) is 10.9. The van der Waals surface area contributed by atoms with E-state index in [0.717, 1.165) is 0 Å². The standard InChI is InChI=1S/C12H21NO3/c1-8(9(14)12(5,6)7-13)10(15)16-11(2,3)4/h8-9,14H,1-6H3. The van der Waals surface area contributed by atoms with Crippen LogP contribution < -0.4 is 0 Å². The minimum Gasteiger partial charge on any atom is -0.460 e. The summed E-state index contributed by atoms with van der Waals surface area (Å²) in [6.45, 7) is 10.0. The third-order valence-electron chi connectivity index (χ3n) is 2.28. The van der Waals surface area contributed by atoms with Gasteiger partial charge in [0.05, 0.1) is 23.5 Å². The molecule has 2 unspecified atom stereocenters. The van der Waals surface area contributed by atoms with Crippen LogP contribution in [0.2, 0.25) is 0 Å². The highest BCUT2D eigenvalue weighted by Gasteiger charge is 2.37. The quantitative estimate of drug-likeness (QED) is 0.747. The van der Waals surface area contributed by atoms with Crippen LogP contribution in [-0.4, -0.2) is 22.8 Å². The molecule has 0 amide bonds. The molecule has 0 bridgehead atoms. The van der Waals surface area contributed by atoms with E-state index in [2.05, 4.69) is 0 Å². The predicted octanol–water partition coefficient (Wildman–Crippen LogP) is 1.87. The van der Waals surface area contributed by atoms with E-state index < -0.39 is 29.0 Å². The van der Waals surface area contributed by atoms with E-state index in [1.54, 1.807) is 41.5 Å². The molecule has 2 atom stereocenters. The van der Waals surface area contributed by atoms with E-state index in [9.17, 15) is 9.90 Å². The highest BCUT2D eigenvalue weighted by atomic mass is 16.6. The number of ether oxygens (including phenoxy) is 1. The number of aliphatic hydroxyl groups excluding tert-OH is 1. The number of carbonyl (C=O) groups excluding carboxylic acids is 1. The Labute approximate surface area is 97.2 Å². The first-order chi connectivity index (χ1) is 7.01. The summed E-state index contributed by atoms with van der Waals surface area (Å²) in [6.07, 6.45) is -1.03. The third kappa shape index (κ3) is 4.19. The van der Waals surface area contributed by atoms with Gasteiger partial charge >= 0.3 is 5.97 Å². The maximum absolute atomic E-state index is 11.7. The van der Waals surface area contributed by atoms with Gasteiger partial charge in [-0.2, -0.15) is 5.26 Å². The fraction of sp³-hybridized carbons (Fsp3) is 0.833. The minimum absolute atomic E-state index is 0.483. The Morgan fingerprint density at radius 1 is 1.31 bits per heavy atom. The van der Waals surface area contributed by atoms with Crippen LogP contribution in [0.3, 0.4) is 0 Å². The van der Waals surface area contributed by atoms with Gasteiger partial charge in [-0.25, -0.2) is 0 Å². The summed E-state index contributed by atoms with van der Waals surface area (Å²) in [7, 11) is 0. The Bertz CT molecular complexity index is 296. The van der Waals surface area contributed by atoms with Crippen LogP contribution in [0.4, 0.5) is 0 Å². The Morgan fingerprint density at radius 3 is 2.06 bits per heavy atom. The van der Waals surface area contributed by atoms with Crippen molar-refractivity contribution in [2.24, 2.45) is 11.3 Å². The number of hydrogen-bond donors (Lipinski definition) is 1. The summed E-state index contributed by atoms with van der Waals surface area (Å²) in [5.41, 5.74) is -1.54. The van der Waals surface area contributed by atoms with E-state index >= 15 is 0 Å². The largest absolute Gasteiger partial charge is 0.460 e. The molecule has 0 fully saturated rings. The Hall–Kier alpha value is -1.08. The fourth-order valence-electron chi connectivity index (χ4n) is 1.21. The molecule has 0 aromatic carbocycles. The van der Waals surface area contributed by atoms with Gasteiger partial charge in [0.25, 0.3) is 0 Å². The summed E-state index contributed by atoms with van der Waals surface area (Å²) in [6, 6.07) is 1.98. The topological polar surface area (TPSA) is 70.3 Å². The van der Waals surface area contributed by atoms with Gasteiger partial charge in [-0.1, -0.05) is 0 Å². The van der Waals surface area contributed by atoms with Crippen LogP contribution in [0.5, 0.6) is 0 Å². The van der Waals surface area contributed by atoms with E-state index in [1.165, 1.54) is 0 Å². The second kappa shape index (κ2) is 4.84. The lowest BCUT2D eigenvalue weighted by atomic mass is 9.81. The molecule has 0 aromatic heterocycles. The van der Waals surface area contributed by atoms with Crippen molar-refractivity contribution in [3.63, 3.8) is 0 Å². The van der Waals surface area contributed by atoms with Crippen molar-refractivity contribution in [2.45, 2.75) is 53.2 Å². The molecule has 4 nitrogen and oxygen atoms in total. The van der Waals surface area contributed by atoms with Crippen LogP contribution in [0.25, 0.3) is 0 Å². The average Bonchev–Trinajstić information content (AvgIpc) is 2.12. The lowest BCUT2D eigenvalue weighted by Crippen LogP contribution is -2.40. The lowest BCUT2D eigenvalue weighted by molar-refractivity contribution is -0.165. The van der Waals surface area contributed by atoms with Gasteiger partial charge < -0.3 is 9.84 Å². The zero-order valence-corrected chi connectivity index (χ0v) is 10.9. The molecule has 0 saturated heterocycles. The highest BCUT2D eigenvalue weighted by molar-refractivity contribution is 5.73. The molecule has 0 aromatic rings. The molecule has 0 saturated carbocycles. The van der Waals surface area contributed by atoms with Crippen molar-refractivity contribution < 1.29 is 14.6 Å². The Kier molecular flexibility index (Phi) is 4.51. The SMILES string of the molecule is CC(C(=O)OC(C)(C)C)C(O)C(C)(C)C#N. The normalized spacial score (nSPS) is 16.1. The molecule has 16 heavy (non-hydrogen) atoms. The number of aliphatic hydroxyl groups is 1. The van der Waals surface area contributed by atoms with Gasteiger partial charge in [0.2, 0.25) is 0 Å². The maximum Gasteiger partial charge on any atom is 0.311 e. The van der Waals surface area contributed by atoms with Crippen molar-refractivity contribution in [1.29, 1.82) is 5.26 Å². The number of hydrogen-bond acceptors (Lipinski definition) is 4. The van der Waals surface area contributed by atoms with Gasteiger partial charge in [0, 0.05) is 0 Å². The number of nitriles is 1. The predicted molar refractivity (Wildman–Crippen MR) is 60.4 cm³/mol.